The number of methoxy groups -OCH3 is 1. The van der Waals surface area contributed by atoms with E-state index >= 15 is 0 Å². The van der Waals surface area contributed by atoms with E-state index in [4.69, 9.17) is 14.7 Å². The first-order valence-corrected chi connectivity index (χ1v) is 5.36. The van der Waals surface area contributed by atoms with Crippen molar-refractivity contribution in [3.8, 4) is 11.8 Å². The normalized spacial score (nSPS) is 9.53. The average Bonchev–Trinajstić information content (AvgIpc) is 2.31. The van der Waals surface area contributed by atoms with E-state index in [0.29, 0.717) is 17.9 Å². The van der Waals surface area contributed by atoms with Crippen LogP contribution in [0.25, 0.3) is 0 Å². The van der Waals surface area contributed by atoms with Gasteiger partial charge in [0.1, 0.15) is 11.8 Å². The lowest BCUT2D eigenvalue weighted by molar-refractivity contribution is -0.142. The van der Waals surface area contributed by atoms with Gasteiger partial charge in [-0.15, -0.1) is 0 Å². The van der Waals surface area contributed by atoms with E-state index in [2.05, 4.69) is 6.07 Å². The van der Waals surface area contributed by atoms with Gasteiger partial charge >= 0.3 is 5.97 Å². The van der Waals surface area contributed by atoms with E-state index in [-0.39, 0.29) is 12.4 Å². The summed E-state index contributed by atoms with van der Waals surface area (Å²) in [6, 6.07) is 5.46. The minimum Gasteiger partial charge on any atom is -0.495 e. The monoisotopic (exact) mass is 233 g/mol. The number of nitriles is 1. The summed E-state index contributed by atoms with van der Waals surface area (Å²) in [6.45, 7) is 3.96. The Balaban J connectivity index is 3.03. The predicted molar refractivity (Wildman–Crippen MR) is 62.8 cm³/mol. The zero-order valence-corrected chi connectivity index (χ0v) is 10.2. The molecule has 0 aliphatic heterocycles. The summed E-state index contributed by atoms with van der Waals surface area (Å²) in [7, 11) is 1.51. The summed E-state index contributed by atoms with van der Waals surface area (Å²) in [5.74, 6) is 0.247. The van der Waals surface area contributed by atoms with Gasteiger partial charge in [0.05, 0.1) is 25.7 Å². The van der Waals surface area contributed by atoms with Crippen molar-refractivity contribution < 1.29 is 14.3 Å². The van der Waals surface area contributed by atoms with Gasteiger partial charge in [-0.25, -0.2) is 0 Å². The van der Waals surface area contributed by atoms with E-state index in [0.717, 1.165) is 11.1 Å². The maximum atomic E-state index is 11.4. The quantitative estimate of drug-likeness (QED) is 0.746. The van der Waals surface area contributed by atoms with Crippen LogP contribution in [0.4, 0.5) is 0 Å². The summed E-state index contributed by atoms with van der Waals surface area (Å²) in [5, 5.41) is 8.91. The Hall–Kier alpha value is -2.02. The molecule has 1 rings (SSSR count). The molecule has 0 bridgehead atoms. The highest BCUT2D eigenvalue weighted by Crippen LogP contribution is 2.26. The number of esters is 1. The van der Waals surface area contributed by atoms with Gasteiger partial charge in [-0.05, 0) is 31.0 Å². The van der Waals surface area contributed by atoms with Crippen LogP contribution in [-0.4, -0.2) is 19.7 Å². The molecule has 0 aromatic heterocycles. The van der Waals surface area contributed by atoms with Gasteiger partial charge < -0.3 is 9.47 Å². The molecule has 0 heterocycles. The molecule has 0 radical (unpaired) electrons. The van der Waals surface area contributed by atoms with Gasteiger partial charge in [0.25, 0.3) is 0 Å². The molecular weight excluding hydrogens is 218 g/mol. The van der Waals surface area contributed by atoms with Gasteiger partial charge in [0, 0.05) is 0 Å². The standard InChI is InChI=1S/C13H15NO3/c1-4-17-12(15)7-10-5-6-11(8-14)13(16-3)9(10)2/h5-6H,4,7H2,1-3H3. The highest BCUT2D eigenvalue weighted by Gasteiger charge is 2.13. The van der Waals surface area contributed by atoms with Crippen molar-refractivity contribution in [2.45, 2.75) is 20.3 Å². The lowest BCUT2D eigenvalue weighted by Gasteiger charge is -2.11. The summed E-state index contributed by atoms with van der Waals surface area (Å²) in [4.78, 5) is 11.4. The second-order valence-corrected chi connectivity index (χ2v) is 3.52. The Bertz CT molecular complexity index is 460. The average molecular weight is 233 g/mol. The number of hydrogen-bond donors (Lipinski definition) is 0. The van der Waals surface area contributed by atoms with Crippen molar-refractivity contribution in [1.29, 1.82) is 5.26 Å². The van der Waals surface area contributed by atoms with Gasteiger partial charge in [-0.3, -0.25) is 4.79 Å². The van der Waals surface area contributed by atoms with E-state index in [9.17, 15) is 4.79 Å². The Morgan fingerprint density at radius 1 is 1.47 bits per heavy atom. The molecular formula is C13H15NO3. The molecule has 0 N–H and O–H groups in total. The molecule has 0 fully saturated rings. The number of carbonyl (C=O) groups is 1. The van der Waals surface area contributed by atoms with Crippen molar-refractivity contribution in [3.63, 3.8) is 0 Å². The van der Waals surface area contributed by atoms with Crippen molar-refractivity contribution in [1.82, 2.24) is 0 Å². The minimum atomic E-state index is -0.276. The smallest absolute Gasteiger partial charge is 0.310 e. The maximum Gasteiger partial charge on any atom is 0.310 e. The van der Waals surface area contributed by atoms with Crippen molar-refractivity contribution in [2.75, 3.05) is 13.7 Å². The number of rotatable bonds is 4. The van der Waals surface area contributed by atoms with Gasteiger partial charge in [0.15, 0.2) is 0 Å². The Morgan fingerprint density at radius 2 is 2.18 bits per heavy atom. The number of carbonyl (C=O) groups excluding carboxylic acids is 1. The maximum absolute atomic E-state index is 11.4. The molecule has 4 nitrogen and oxygen atoms in total. The minimum absolute atomic E-state index is 0.196. The summed E-state index contributed by atoms with van der Waals surface area (Å²) < 4.78 is 10.1. The Labute approximate surface area is 101 Å². The number of hydrogen-bond acceptors (Lipinski definition) is 4. The van der Waals surface area contributed by atoms with Gasteiger partial charge in [-0.1, -0.05) is 6.07 Å². The van der Waals surface area contributed by atoms with Crippen LogP contribution in [0.15, 0.2) is 12.1 Å². The van der Waals surface area contributed by atoms with Crippen molar-refractivity contribution >= 4 is 5.97 Å². The molecule has 17 heavy (non-hydrogen) atoms. The lowest BCUT2D eigenvalue weighted by Crippen LogP contribution is -2.09. The first kappa shape index (κ1) is 13.0. The number of benzene rings is 1. The van der Waals surface area contributed by atoms with E-state index in [1.165, 1.54) is 7.11 Å². The zero-order valence-electron chi connectivity index (χ0n) is 10.2. The van der Waals surface area contributed by atoms with E-state index < -0.39 is 0 Å². The van der Waals surface area contributed by atoms with Crippen LogP contribution in [0.3, 0.4) is 0 Å². The molecule has 0 unspecified atom stereocenters. The molecule has 0 aliphatic carbocycles. The molecule has 90 valence electrons. The highest BCUT2D eigenvalue weighted by atomic mass is 16.5. The SMILES string of the molecule is CCOC(=O)Cc1ccc(C#N)c(OC)c1C. The van der Waals surface area contributed by atoms with Crippen LogP contribution in [0.1, 0.15) is 23.6 Å². The van der Waals surface area contributed by atoms with Crippen molar-refractivity contribution in [3.05, 3.63) is 28.8 Å². The van der Waals surface area contributed by atoms with Gasteiger partial charge in [0.2, 0.25) is 0 Å². The van der Waals surface area contributed by atoms with Crippen LogP contribution >= 0.6 is 0 Å². The third-order valence-corrected chi connectivity index (χ3v) is 2.48. The molecule has 0 aliphatic rings. The number of ether oxygens (including phenoxy) is 2. The zero-order chi connectivity index (χ0) is 12.8. The fourth-order valence-corrected chi connectivity index (χ4v) is 1.64. The topological polar surface area (TPSA) is 59.3 Å². The van der Waals surface area contributed by atoms with Crippen LogP contribution in [-0.2, 0) is 16.0 Å². The van der Waals surface area contributed by atoms with Crippen LogP contribution < -0.4 is 4.74 Å². The second-order valence-electron chi connectivity index (χ2n) is 3.52. The fourth-order valence-electron chi connectivity index (χ4n) is 1.64. The molecule has 0 saturated heterocycles. The first-order chi connectivity index (χ1) is 8.13. The Kier molecular flexibility index (Phi) is 4.53. The third-order valence-electron chi connectivity index (χ3n) is 2.48. The van der Waals surface area contributed by atoms with Crippen LogP contribution in [0.5, 0.6) is 5.75 Å². The Morgan fingerprint density at radius 3 is 2.71 bits per heavy atom. The van der Waals surface area contributed by atoms with Crippen LogP contribution in [0.2, 0.25) is 0 Å². The first-order valence-electron chi connectivity index (χ1n) is 5.36. The molecule has 0 spiro atoms. The third kappa shape index (κ3) is 2.97. The predicted octanol–water partition coefficient (Wildman–Crippen LogP) is 1.98. The largest absolute Gasteiger partial charge is 0.495 e. The summed E-state index contributed by atoms with van der Waals surface area (Å²) in [5.41, 5.74) is 2.09. The van der Waals surface area contributed by atoms with E-state index in [1.807, 2.05) is 6.92 Å². The van der Waals surface area contributed by atoms with Gasteiger partial charge in [-0.2, -0.15) is 5.26 Å². The van der Waals surface area contributed by atoms with E-state index in [1.54, 1.807) is 19.1 Å². The molecule has 0 amide bonds. The second kappa shape index (κ2) is 5.90. The van der Waals surface area contributed by atoms with Crippen molar-refractivity contribution in [2.24, 2.45) is 0 Å². The highest BCUT2D eigenvalue weighted by molar-refractivity contribution is 5.73. The number of nitrogens with zero attached hydrogens (tertiary/aromatic N) is 1. The lowest BCUT2D eigenvalue weighted by atomic mass is 10.0. The summed E-state index contributed by atoms with van der Waals surface area (Å²) in [6.07, 6.45) is 0.196. The molecule has 1 aromatic carbocycles. The molecule has 0 saturated carbocycles. The summed E-state index contributed by atoms with van der Waals surface area (Å²) >= 11 is 0. The van der Waals surface area contributed by atoms with Crippen LogP contribution in [0, 0.1) is 18.3 Å². The molecule has 1 aromatic rings. The molecule has 0 atom stereocenters. The fraction of sp³-hybridized carbons (Fsp3) is 0.385. The molecule has 4 heteroatoms.